The summed E-state index contributed by atoms with van der Waals surface area (Å²) in [7, 11) is 1.68. The highest BCUT2D eigenvalue weighted by Crippen LogP contribution is 2.34. The molecule has 1 N–H and O–H groups in total. The quantitative estimate of drug-likeness (QED) is 0.846. The van der Waals surface area contributed by atoms with Crippen LogP contribution >= 0.6 is 0 Å². The number of likely N-dealkylation sites (tertiary alicyclic amines) is 1. The van der Waals surface area contributed by atoms with Crippen molar-refractivity contribution in [2.24, 2.45) is 11.8 Å². The zero-order valence-corrected chi connectivity index (χ0v) is 15.5. The summed E-state index contributed by atoms with van der Waals surface area (Å²) in [6.45, 7) is 4.25. The number of hydrogen-bond acceptors (Lipinski definition) is 5. The summed E-state index contributed by atoms with van der Waals surface area (Å²) in [6.07, 6.45) is 3.54. The van der Waals surface area contributed by atoms with Crippen LogP contribution in [0.5, 0.6) is 5.75 Å². The fourth-order valence-corrected chi connectivity index (χ4v) is 4.04. The predicted molar refractivity (Wildman–Crippen MR) is 102 cm³/mol. The van der Waals surface area contributed by atoms with Gasteiger partial charge in [0.25, 0.3) is 5.91 Å². The summed E-state index contributed by atoms with van der Waals surface area (Å²) in [5.41, 5.74) is 1.92. The van der Waals surface area contributed by atoms with Crippen LogP contribution in [0.2, 0.25) is 0 Å². The third-order valence-electron chi connectivity index (χ3n) is 5.55. The summed E-state index contributed by atoms with van der Waals surface area (Å²) < 4.78 is 11.2. The van der Waals surface area contributed by atoms with Crippen LogP contribution in [0, 0.1) is 11.8 Å². The van der Waals surface area contributed by atoms with Crippen LogP contribution in [-0.4, -0.2) is 55.2 Å². The van der Waals surface area contributed by atoms with E-state index in [0.29, 0.717) is 23.9 Å². The van der Waals surface area contributed by atoms with Gasteiger partial charge in [-0.1, -0.05) is 12.1 Å². The Bertz CT molecular complexity index is 766. The molecule has 27 heavy (non-hydrogen) atoms. The Kier molecular flexibility index (Phi) is 5.36. The fourth-order valence-electron chi connectivity index (χ4n) is 4.04. The Labute approximate surface area is 159 Å². The monoisotopic (exact) mass is 367 g/mol. The number of ether oxygens (including phenoxy) is 2. The molecule has 0 radical (unpaired) electrons. The molecule has 2 saturated heterocycles. The van der Waals surface area contributed by atoms with Gasteiger partial charge in [0.1, 0.15) is 5.75 Å². The molecule has 2 aromatic rings. The zero-order valence-electron chi connectivity index (χ0n) is 15.5. The standard InChI is InChI=1S/C21H25N3O3/c1-26-18-4-2-15(3-5-18)11-24-12-19-17(14-27-20(19)13-24)10-23-21(25)16-6-8-22-9-7-16/h2-9,17,19-20H,10-14H2,1H3,(H,23,25)/t17-,19+,20+/m1/s1. The highest BCUT2D eigenvalue weighted by molar-refractivity contribution is 5.93. The highest BCUT2D eigenvalue weighted by atomic mass is 16.5. The number of pyridine rings is 1. The lowest BCUT2D eigenvalue weighted by molar-refractivity contribution is 0.0903. The smallest absolute Gasteiger partial charge is 0.251 e. The summed E-state index contributed by atoms with van der Waals surface area (Å²) in [6, 6.07) is 11.7. The maximum atomic E-state index is 12.3. The Morgan fingerprint density at radius 2 is 2.00 bits per heavy atom. The first kappa shape index (κ1) is 17.9. The minimum Gasteiger partial charge on any atom is -0.497 e. The summed E-state index contributed by atoms with van der Waals surface area (Å²) in [5.74, 6) is 1.67. The number of rotatable bonds is 6. The number of hydrogen-bond donors (Lipinski definition) is 1. The molecule has 2 aliphatic rings. The molecule has 2 fully saturated rings. The number of aromatic nitrogens is 1. The summed E-state index contributed by atoms with van der Waals surface area (Å²) in [5, 5.41) is 3.05. The van der Waals surface area contributed by atoms with Crippen LogP contribution in [0.25, 0.3) is 0 Å². The molecule has 3 atom stereocenters. The topological polar surface area (TPSA) is 63.7 Å². The number of fused-ring (bicyclic) bond motifs is 1. The number of methoxy groups -OCH3 is 1. The van der Waals surface area contributed by atoms with E-state index in [-0.39, 0.29) is 12.0 Å². The Morgan fingerprint density at radius 3 is 2.74 bits per heavy atom. The van der Waals surface area contributed by atoms with Crippen molar-refractivity contribution in [3.8, 4) is 5.75 Å². The average molecular weight is 367 g/mol. The first-order valence-electron chi connectivity index (χ1n) is 9.38. The molecule has 1 aromatic carbocycles. The van der Waals surface area contributed by atoms with E-state index in [2.05, 4.69) is 27.3 Å². The second kappa shape index (κ2) is 8.06. The molecule has 0 saturated carbocycles. The largest absolute Gasteiger partial charge is 0.497 e. The number of amides is 1. The zero-order chi connectivity index (χ0) is 18.6. The minimum atomic E-state index is -0.0473. The van der Waals surface area contributed by atoms with Gasteiger partial charge in [-0.25, -0.2) is 0 Å². The molecule has 3 heterocycles. The lowest BCUT2D eigenvalue weighted by atomic mass is 9.93. The van der Waals surface area contributed by atoms with Crippen LogP contribution in [-0.2, 0) is 11.3 Å². The van der Waals surface area contributed by atoms with Gasteiger partial charge in [0.15, 0.2) is 0 Å². The van der Waals surface area contributed by atoms with Gasteiger partial charge in [0.05, 0.1) is 19.8 Å². The third kappa shape index (κ3) is 4.12. The van der Waals surface area contributed by atoms with Gasteiger partial charge in [-0.05, 0) is 29.8 Å². The van der Waals surface area contributed by atoms with E-state index in [4.69, 9.17) is 9.47 Å². The molecular formula is C21H25N3O3. The van der Waals surface area contributed by atoms with Gasteiger partial charge in [-0.15, -0.1) is 0 Å². The molecule has 1 amide bonds. The number of nitrogens with one attached hydrogen (secondary N) is 1. The minimum absolute atomic E-state index is 0.0473. The van der Waals surface area contributed by atoms with Crippen molar-refractivity contribution in [2.45, 2.75) is 12.6 Å². The number of carbonyl (C=O) groups is 1. The lowest BCUT2D eigenvalue weighted by Gasteiger charge is -2.20. The van der Waals surface area contributed by atoms with E-state index >= 15 is 0 Å². The van der Waals surface area contributed by atoms with Crippen molar-refractivity contribution in [3.05, 3.63) is 59.9 Å². The van der Waals surface area contributed by atoms with E-state index in [0.717, 1.165) is 32.0 Å². The highest BCUT2D eigenvalue weighted by Gasteiger charge is 2.43. The molecule has 0 aliphatic carbocycles. The van der Waals surface area contributed by atoms with Crippen molar-refractivity contribution in [1.29, 1.82) is 0 Å². The average Bonchev–Trinajstić information content (AvgIpc) is 3.28. The number of carbonyl (C=O) groups excluding carboxylic acids is 1. The molecule has 142 valence electrons. The molecule has 0 spiro atoms. The van der Waals surface area contributed by atoms with Crippen LogP contribution in [0.3, 0.4) is 0 Å². The van der Waals surface area contributed by atoms with Gasteiger partial charge in [0, 0.05) is 56.0 Å². The van der Waals surface area contributed by atoms with Crippen LogP contribution in [0.1, 0.15) is 15.9 Å². The Balaban J connectivity index is 1.29. The first-order chi connectivity index (χ1) is 13.2. The summed E-state index contributed by atoms with van der Waals surface area (Å²) >= 11 is 0. The van der Waals surface area contributed by atoms with Gasteiger partial charge < -0.3 is 14.8 Å². The van der Waals surface area contributed by atoms with Crippen molar-refractivity contribution in [3.63, 3.8) is 0 Å². The van der Waals surface area contributed by atoms with Gasteiger partial charge in [-0.3, -0.25) is 14.7 Å². The molecule has 6 nitrogen and oxygen atoms in total. The number of nitrogens with zero attached hydrogens (tertiary/aromatic N) is 2. The van der Waals surface area contributed by atoms with Crippen molar-refractivity contribution >= 4 is 5.91 Å². The lowest BCUT2D eigenvalue weighted by Crippen LogP contribution is -2.34. The van der Waals surface area contributed by atoms with Crippen LogP contribution in [0.4, 0.5) is 0 Å². The first-order valence-corrected chi connectivity index (χ1v) is 9.38. The van der Waals surface area contributed by atoms with E-state index in [1.165, 1.54) is 5.56 Å². The van der Waals surface area contributed by atoms with Crippen molar-refractivity contribution in [1.82, 2.24) is 15.2 Å². The van der Waals surface area contributed by atoms with Crippen molar-refractivity contribution in [2.75, 3.05) is 33.4 Å². The molecule has 4 rings (SSSR count). The molecule has 0 unspecified atom stereocenters. The Morgan fingerprint density at radius 1 is 1.22 bits per heavy atom. The van der Waals surface area contributed by atoms with E-state index in [1.54, 1.807) is 31.6 Å². The second-order valence-corrected chi connectivity index (χ2v) is 7.28. The van der Waals surface area contributed by atoms with Gasteiger partial charge in [0.2, 0.25) is 0 Å². The van der Waals surface area contributed by atoms with Gasteiger partial charge in [-0.2, -0.15) is 0 Å². The normalized spacial score (nSPS) is 24.6. The fraction of sp³-hybridized carbons (Fsp3) is 0.429. The number of benzene rings is 1. The maximum absolute atomic E-state index is 12.3. The van der Waals surface area contributed by atoms with Crippen LogP contribution in [0.15, 0.2) is 48.8 Å². The second-order valence-electron chi connectivity index (χ2n) is 7.28. The Hall–Kier alpha value is -2.44. The predicted octanol–water partition coefficient (Wildman–Crippen LogP) is 1.97. The SMILES string of the molecule is COc1ccc(CN2C[C@H]3[C@H](CNC(=O)c4ccncc4)CO[C@H]3C2)cc1. The third-order valence-corrected chi connectivity index (χ3v) is 5.55. The molecular weight excluding hydrogens is 342 g/mol. The molecule has 0 bridgehead atoms. The molecule has 1 aromatic heterocycles. The van der Waals surface area contributed by atoms with Crippen molar-refractivity contribution < 1.29 is 14.3 Å². The van der Waals surface area contributed by atoms with Crippen LogP contribution < -0.4 is 10.1 Å². The summed E-state index contributed by atoms with van der Waals surface area (Å²) in [4.78, 5) is 18.6. The van der Waals surface area contributed by atoms with E-state index in [9.17, 15) is 4.79 Å². The van der Waals surface area contributed by atoms with E-state index < -0.39 is 0 Å². The molecule has 2 aliphatic heterocycles. The maximum Gasteiger partial charge on any atom is 0.251 e. The molecule has 6 heteroatoms. The van der Waals surface area contributed by atoms with Gasteiger partial charge >= 0.3 is 0 Å². The van der Waals surface area contributed by atoms with E-state index in [1.807, 2.05) is 12.1 Å².